The second-order valence-electron chi connectivity index (χ2n) is 4.96. The lowest BCUT2D eigenvalue weighted by Crippen LogP contribution is -2.23. The predicted octanol–water partition coefficient (Wildman–Crippen LogP) is 4.21. The Labute approximate surface area is 120 Å². The summed E-state index contributed by atoms with van der Waals surface area (Å²) in [5.74, 6) is 0.384. The van der Waals surface area contributed by atoms with Crippen LogP contribution in [0.25, 0.3) is 10.8 Å². The number of halogens is 1. The molecule has 0 N–H and O–H groups in total. The number of rotatable bonds is 2. The zero-order chi connectivity index (χ0) is 13.2. The van der Waals surface area contributed by atoms with Gasteiger partial charge in [-0.05, 0) is 41.8 Å². The van der Waals surface area contributed by atoms with Crippen molar-refractivity contribution in [3.05, 3.63) is 46.4 Å². The third-order valence-electron chi connectivity index (χ3n) is 3.68. The van der Waals surface area contributed by atoms with E-state index in [9.17, 15) is 4.79 Å². The van der Waals surface area contributed by atoms with Gasteiger partial charge < -0.3 is 4.74 Å². The Bertz CT molecular complexity index is 615. The summed E-state index contributed by atoms with van der Waals surface area (Å²) >= 11 is 3.46. The maximum absolute atomic E-state index is 12.4. The van der Waals surface area contributed by atoms with Crippen molar-refractivity contribution in [1.29, 1.82) is 0 Å². The summed E-state index contributed by atoms with van der Waals surface area (Å²) in [5.41, 5.74) is 0.821. The molecule has 0 aliphatic carbocycles. The molecule has 0 bridgehead atoms. The average Bonchev–Trinajstić information content (AvgIpc) is 2.47. The van der Waals surface area contributed by atoms with Crippen LogP contribution >= 0.6 is 15.9 Å². The van der Waals surface area contributed by atoms with Gasteiger partial charge in [0.1, 0.15) is 0 Å². The fraction of sp³-hybridized carbons (Fsp3) is 0.312. The van der Waals surface area contributed by atoms with E-state index in [1.807, 2.05) is 30.3 Å². The molecular formula is C16H15BrO2. The molecule has 0 spiro atoms. The minimum Gasteiger partial charge on any atom is -0.381 e. The molecule has 1 heterocycles. The minimum absolute atomic E-state index is 0.127. The number of hydrogen-bond donors (Lipinski definition) is 0. The van der Waals surface area contributed by atoms with E-state index in [1.165, 1.54) is 0 Å². The number of ether oxygens (including phenoxy) is 1. The molecule has 2 aromatic carbocycles. The quantitative estimate of drug-likeness (QED) is 0.775. The normalized spacial score (nSPS) is 16.7. The predicted molar refractivity (Wildman–Crippen MR) is 79.5 cm³/mol. The van der Waals surface area contributed by atoms with Crippen LogP contribution in [0, 0.1) is 5.92 Å². The first-order valence-corrected chi connectivity index (χ1v) is 7.34. The van der Waals surface area contributed by atoms with Gasteiger partial charge in [-0.1, -0.05) is 34.1 Å². The first-order chi connectivity index (χ1) is 9.24. The molecule has 0 saturated carbocycles. The lowest BCUT2D eigenvalue weighted by Gasteiger charge is -2.20. The molecule has 1 saturated heterocycles. The topological polar surface area (TPSA) is 26.3 Å². The summed E-state index contributed by atoms with van der Waals surface area (Å²) in [6.45, 7) is 1.41. The van der Waals surface area contributed by atoms with Crippen LogP contribution in [0.5, 0.6) is 0 Å². The number of hydrogen-bond acceptors (Lipinski definition) is 2. The smallest absolute Gasteiger partial charge is 0.166 e. The van der Waals surface area contributed by atoms with Crippen molar-refractivity contribution in [3.63, 3.8) is 0 Å². The molecule has 1 fully saturated rings. The summed E-state index contributed by atoms with van der Waals surface area (Å²) in [4.78, 5) is 12.4. The van der Waals surface area contributed by atoms with Gasteiger partial charge in [0, 0.05) is 29.2 Å². The van der Waals surface area contributed by atoms with E-state index in [0.717, 1.165) is 33.7 Å². The van der Waals surface area contributed by atoms with Crippen LogP contribution < -0.4 is 0 Å². The van der Waals surface area contributed by atoms with E-state index in [0.29, 0.717) is 13.2 Å². The highest BCUT2D eigenvalue weighted by molar-refractivity contribution is 9.10. The molecule has 2 aromatic rings. The molecular weight excluding hydrogens is 304 g/mol. The molecule has 0 aromatic heterocycles. The Morgan fingerprint density at radius 2 is 1.74 bits per heavy atom. The lowest BCUT2D eigenvalue weighted by atomic mass is 9.90. The van der Waals surface area contributed by atoms with Gasteiger partial charge in [-0.25, -0.2) is 0 Å². The fourth-order valence-electron chi connectivity index (χ4n) is 2.57. The van der Waals surface area contributed by atoms with Gasteiger partial charge in [0.25, 0.3) is 0 Å². The van der Waals surface area contributed by atoms with Gasteiger partial charge in [-0.3, -0.25) is 4.79 Å². The summed E-state index contributed by atoms with van der Waals surface area (Å²) < 4.78 is 6.37. The van der Waals surface area contributed by atoms with E-state index in [4.69, 9.17) is 4.74 Å². The number of ketones is 1. The van der Waals surface area contributed by atoms with E-state index in [2.05, 4.69) is 22.0 Å². The van der Waals surface area contributed by atoms with Gasteiger partial charge in [-0.2, -0.15) is 0 Å². The molecule has 0 atom stereocenters. The maximum atomic E-state index is 12.4. The zero-order valence-electron chi connectivity index (χ0n) is 10.6. The van der Waals surface area contributed by atoms with Gasteiger partial charge in [0.15, 0.2) is 5.78 Å². The van der Waals surface area contributed by atoms with Crippen molar-refractivity contribution in [1.82, 2.24) is 0 Å². The Morgan fingerprint density at radius 3 is 2.53 bits per heavy atom. The molecule has 0 radical (unpaired) electrons. The molecule has 1 aliphatic rings. The number of Topliss-reactive ketones (excluding diaryl/α,β-unsaturated/α-hetero) is 1. The fourth-order valence-corrected chi connectivity index (χ4v) is 2.94. The Kier molecular flexibility index (Phi) is 3.67. The number of benzene rings is 2. The molecule has 19 heavy (non-hydrogen) atoms. The number of carbonyl (C=O) groups is 1. The molecule has 0 unspecified atom stereocenters. The van der Waals surface area contributed by atoms with Gasteiger partial charge in [0.2, 0.25) is 0 Å². The Morgan fingerprint density at radius 1 is 1.05 bits per heavy atom. The first-order valence-electron chi connectivity index (χ1n) is 6.55. The van der Waals surface area contributed by atoms with Crippen molar-refractivity contribution < 1.29 is 9.53 Å². The van der Waals surface area contributed by atoms with Crippen LogP contribution in [0.3, 0.4) is 0 Å². The largest absolute Gasteiger partial charge is 0.381 e. The monoisotopic (exact) mass is 318 g/mol. The van der Waals surface area contributed by atoms with E-state index in [-0.39, 0.29) is 11.7 Å². The molecule has 3 heteroatoms. The molecule has 3 rings (SSSR count). The van der Waals surface area contributed by atoms with Crippen LogP contribution in [0.1, 0.15) is 23.2 Å². The van der Waals surface area contributed by atoms with Crippen LogP contribution in [0.2, 0.25) is 0 Å². The second-order valence-corrected chi connectivity index (χ2v) is 5.87. The van der Waals surface area contributed by atoms with Crippen LogP contribution in [-0.2, 0) is 4.74 Å². The number of fused-ring (bicyclic) bond motifs is 1. The molecule has 1 aliphatic heterocycles. The van der Waals surface area contributed by atoms with Crippen LogP contribution in [-0.4, -0.2) is 19.0 Å². The van der Waals surface area contributed by atoms with Crippen molar-refractivity contribution in [2.75, 3.05) is 13.2 Å². The summed E-state index contributed by atoms with van der Waals surface area (Å²) in [6, 6.07) is 12.1. The highest BCUT2D eigenvalue weighted by Gasteiger charge is 2.22. The minimum atomic E-state index is 0.127. The lowest BCUT2D eigenvalue weighted by molar-refractivity contribution is 0.0545. The van der Waals surface area contributed by atoms with E-state index >= 15 is 0 Å². The Hall–Kier alpha value is -1.19. The van der Waals surface area contributed by atoms with Crippen molar-refractivity contribution in [2.24, 2.45) is 5.92 Å². The summed E-state index contributed by atoms with van der Waals surface area (Å²) in [7, 11) is 0. The molecule has 98 valence electrons. The Balaban J connectivity index is 1.92. The number of carbonyl (C=O) groups excluding carboxylic acids is 1. The summed E-state index contributed by atoms with van der Waals surface area (Å²) in [6.07, 6.45) is 1.69. The van der Waals surface area contributed by atoms with Crippen LogP contribution in [0.15, 0.2) is 40.9 Å². The highest BCUT2D eigenvalue weighted by Crippen LogP contribution is 2.24. The van der Waals surface area contributed by atoms with Crippen molar-refractivity contribution >= 4 is 32.5 Å². The zero-order valence-corrected chi connectivity index (χ0v) is 12.2. The average molecular weight is 319 g/mol. The first kappa shape index (κ1) is 12.8. The van der Waals surface area contributed by atoms with E-state index in [1.54, 1.807) is 0 Å². The van der Waals surface area contributed by atoms with Gasteiger partial charge in [0.05, 0.1) is 0 Å². The van der Waals surface area contributed by atoms with Gasteiger partial charge in [-0.15, -0.1) is 0 Å². The second kappa shape index (κ2) is 5.43. The maximum Gasteiger partial charge on any atom is 0.166 e. The summed E-state index contributed by atoms with van der Waals surface area (Å²) in [5, 5.41) is 2.26. The molecule has 0 amide bonds. The van der Waals surface area contributed by atoms with Crippen molar-refractivity contribution in [3.8, 4) is 0 Å². The standard InChI is InChI=1S/C16H15BrO2/c17-15-4-3-12-9-14(2-1-13(12)10-15)16(18)11-5-7-19-8-6-11/h1-4,9-11H,5-8H2. The SMILES string of the molecule is O=C(c1ccc2cc(Br)ccc2c1)C1CCOCC1. The highest BCUT2D eigenvalue weighted by atomic mass is 79.9. The molecule has 2 nitrogen and oxygen atoms in total. The third kappa shape index (κ3) is 2.72. The van der Waals surface area contributed by atoms with E-state index < -0.39 is 0 Å². The van der Waals surface area contributed by atoms with Gasteiger partial charge >= 0.3 is 0 Å². The third-order valence-corrected chi connectivity index (χ3v) is 4.17. The van der Waals surface area contributed by atoms with Crippen LogP contribution in [0.4, 0.5) is 0 Å². The van der Waals surface area contributed by atoms with Crippen molar-refractivity contribution in [2.45, 2.75) is 12.8 Å².